The van der Waals surface area contributed by atoms with Gasteiger partial charge in [0.05, 0.1) is 33.1 Å². The summed E-state index contributed by atoms with van der Waals surface area (Å²) in [5, 5.41) is 7.62. The molecule has 250 valence electrons. The number of nitrogens with zero attached hydrogens (tertiary/aromatic N) is 3. The minimum absolute atomic E-state index is 1.14. The maximum atomic E-state index is 2.44. The third-order valence-electron chi connectivity index (χ3n) is 11.2. The van der Waals surface area contributed by atoms with Crippen LogP contribution in [0.15, 0.2) is 176 Å². The van der Waals surface area contributed by atoms with Gasteiger partial charge in [-0.1, -0.05) is 97.1 Å². The molecule has 0 radical (unpaired) electrons. The first-order valence-electron chi connectivity index (χ1n) is 18.4. The molecule has 53 heavy (non-hydrogen) atoms. The summed E-state index contributed by atoms with van der Waals surface area (Å²) in [7, 11) is 0. The molecule has 0 atom stereocenters. The number of rotatable bonds is 4. The normalized spacial score (nSPS) is 12.0. The highest BCUT2D eigenvalue weighted by Gasteiger charge is 2.18. The van der Waals surface area contributed by atoms with E-state index in [1.165, 1.54) is 93.4 Å². The largest absolute Gasteiger partial charge is 0.309 e. The Labute approximate surface area is 307 Å². The third-order valence-corrected chi connectivity index (χ3v) is 11.2. The SMILES string of the molecule is Cc1ccc2c3ccc(-c4cc5c(cc4C)c4ccccc4n5-c4ccc(-n5c6ccccc6c6ccccc65)cc4)cc3n(-c3ccccc3)c2c1. The van der Waals surface area contributed by atoms with Crippen LogP contribution in [-0.4, -0.2) is 13.7 Å². The highest BCUT2D eigenvalue weighted by Crippen LogP contribution is 2.40. The second-order valence-electron chi connectivity index (χ2n) is 14.3. The summed E-state index contributed by atoms with van der Waals surface area (Å²) < 4.78 is 7.24. The standard InChI is InChI=1S/C50H35N3/c1-32-20-26-41-42-27-21-34(30-49(42)53(48(41)28-32)35-12-4-3-5-13-35)43-31-50-44(29-33(43)2)40-16-8-11-19-47(40)52(50)37-24-22-36(23-25-37)51-45-17-9-6-14-38(45)39-15-7-10-18-46(39)51/h3-31H,1-2H3. The van der Waals surface area contributed by atoms with Crippen molar-refractivity contribution < 1.29 is 0 Å². The summed E-state index contributed by atoms with van der Waals surface area (Å²) in [6.07, 6.45) is 0. The topological polar surface area (TPSA) is 14.8 Å². The molecule has 3 heterocycles. The van der Waals surface area contributed by atoms with Gasteiger partial charge in [0.25, 0.3) is 0 Å². The van der Waals surface area contributed by atoms with Crippen LogP contribution in [0.5, 0.6) is 0 Å². The van der Waals surface area contributed by atoms with Gasteiger partial charge >= 0.3 is 0 Å². The Hall–Kier alpha value is -6.84. The van der Waals surface area contributed by atoms with Crippen LogP contribution < -0.4 is 0 Å². The van der Waals surface area contributed by atoms with Crippen LogP contribution in [0.3, 0.4) is 0 Å². The predicted octanol–water partition coefficient (Wildman–Crippen LogP) is 13.3. The number of para-hydroxylation sites is 4. The van der Waals surface area contributed by atoms with Crippen molar-refractivity contribution in [1.82, 2.24) is 13.7 Å². The van der Waals surface area contributed by atoms with Crippen LogP contribution >= 0.6 is 0 Å². The quantitative estimate of drug-likeness (QED) is 0.176. The van der Waals surface area contributed by atoms with Crippen molar-refractivity contribution >= 4 is 65.4 Å². The summed E-state index contributed by atoms with van der Waals surface area (Å²) in [6.45, 7) is 4.43. The van der Waals surface area contributed by atoms with E-state index in [0.29, 0.717) is 0 Å². The Morgan fingerprint density at radius 3 is 1.36 bits per heavy atom. The Morgan fingerprint density at radius 1 is 0.302 bits per heavy atom. The molecule has 0 aliphatic rings. The average molecular weight is 678 g/mol. The van der Waals surface area contributed by atoms with Gasteiger partial charge in [0, 0.05) is 49.4 Å². The van der Waals surface area contributed by atoms with Crippen LogP contribution in [0.2, 0.25) is 0 Å². The first-order valence-corrected chi connectivity index (χ1v) is 18.4. The predicted molar refractivity (Wildman–Crippen MR) is 224 cm³/mol. The number of aromatic nitrogens is 3. The molecule has 0 bridgehead atoms. The van der Waals surface area contributed by atoms with Crippen molar-refractivity contribution in [2.24, 2.45) is 0 Å². The maximum Gasteiger partial charge on any atom is 0.0547 e. The fourth-order valence-electron chi connectivity index (χ4n) is 8.82. The summed E-state index contributed by atoms with van der Waals surface area (Å²) in [4.78, 5) is 0. The first-order chi connectivity index (χ1) is 26.1. The molecule has 0 unspecified atom stereocenters. The van der Waals surface area contributed by atoms with Gasteiger partial charge in [-0.3, -0.25) is 0 Å². The van der Waals surface area contributed by atoms with E-state index in [9.17, 15) is 0 Å². The van der Waals surface area contributed by atoms with Crippen LogP contribution in [0.25, 0.3) is 93.6 Å². The van der Waals surface area contributed by atoms with Crippen molar-refractivity contribution in [3.63, 3.8) is 0 Å². The Kier molecular flexibility index (Phi) is 6.38. The van der Waals surface area contributed by atoms with E-state index in [0.717, 1.165) is 11.4 Å². The van der Waals surface area contributed by atoms with Gasteiger partial charge in [0.15, 0.2) is 0 Å². The summed E-state index contributed by atoms with van der Waals surface area (Å²) in [5.41, 5.74) is 15.8. The van der Waals surface area contributed by atoms with Crippen LogP contribution in [0.1, 0.15) is 11.1 Å². The minimum atomic E-state index is 1.14. The van der Waals surface area contributed by atoms with Gasteiger partial charge in [-0.15, -0.1) is 0 Å². The molecular formula is C50H35N3. The second-order valence-corrected chi connectivity index (χ2v) is 14.3. The van der Waals surface area contributed by atoms with Crippen LogP contribution in [0, 0.1) is 13.8 Å². The lowest BCUT2D eigenvalue weighted by molar-refractivity contribution is 1.14. The Bertz CT molecular complexity index is 3170. The lowest BCUT2D eigenvalue weighted by Crippen LogP contribution is -1.97. The van der Waals surface area contributed by atoms with Gasteiger partial charge < -0.3 is 13.7 Å². The second kappa shape index (κ2) is 11.3. The summed E-state index contributed by atoms with van der Waals surface area (Å²) in [6, 6.07) is 64.6. The van der Waals surface area contributed by atoms with Gasteiger partial charge in [-0.05, 0) is 115 Å². The molecule has 0 spiro atoms. The van der Waals surface area contributed by atoms with E-state index in [-0.39, 0.29) is 0 Å². The molecule has 11 aromatic rings. The van der Waals surface area contributed by atoms with Crippen molar-refractivity contribution in [2.75, 3.05) is 0 Å². The molecule has 0 amide bonds. The van der Waals surface area contributed by atoms with Crippen LogP contribution in [0.4, 0.5) is 0 Å². The zero-order valence-corrected chi connectivity index (χ0v) is 29.6. The Morgan fingerprint density at radius 2 is 0.736 bits per heavy atom. The number of hydrogen-bond acceptors (Lipinski definition) is 0. The highest BCUT2D eigenvalue weighted by molar-refractivity contribution is 6.13. The van der Waals surface area contributed by atoms with E-state index in [2.05, 4.69) is 203 Å². The lowest BCUT2D eigenvalue weighted by atomic mass is 9.97. The molecule has 0 aliphatic carbocycles. The molecule has 3 heteroatoms. The van der Waals surface area contributed by atoms with Crippen molar-refractivity contribution in [3.8, 4) is 28.2 Å². The third kappa shape index (κ3) is 4.41. The fourth-order valence-corrected chi connectivity index (χ4v) is 8.82. The molecular weight excluding hydrogens is 643 g/mol. The molecule has 0 fully saturated rings. The zero-order valence-electron chi connectivity index (χ0n) is 29.6. The van der Waals surface area contributed by atoms with Gasteiger partial charge in [-0.2, -0.15) is 0 Å². The highest BCUT2D eigenvalue weighted by atomic mass is 15.0. The number of benzene rings is 8. The van der Waals surface area contributed by atoms with E-state index in [4.69, 9.17) is 0 Å². The zero-order chi connectivity index (χ0) is 35.2. The van der Waals surface area contributed by atoms with E-state index in [1.807, 2.05) is 0 Å². The van der Waals surface area contributed by atoms with E-state index >= 15 is 0 Å². The van der Waals surface area contributed by atoms with Gasteiger partial charge in [0.2, 0.25) is 0 Å². The summed E-state index contributed by atoms with van der Waals surface area (Å²) in [5.74, 6) is 0. The van der Waals surface area contributed by atoms with Crippen molar-refractivity contribution in [1.29, 1.82) is 0 Å². The molecule has 0 saturated carbocycles. The molecule has 0 N–H and O–H groups in total. The van der Waals surface area contributed by atoms with Gasteiger partial charge in [0.1, 0.15) is 0 Å². The number of hydrogen-bond donors (Lipinski definition) is 0. The maximum absolute atomic E-state index is 2.44. The number of aryl methyl sites for hydroxylation is 2. The van der Waals surface area contributed by atoms with Gasteiger partial charge in [-0.25, -0.2) is 0 Å². The molecule has 11 rings (SSSR count). The van der Waals surface area contributed by atoms with E-state index in [1.54, 1.807) is 0 Å². The lowest BCUT2D eigenvalue weighted by Gasteiger charge is -2.13. The van der Waals surface area contributed by atoms with Crippen molar-refractivity contribution in [2.45, 2.75) is 13.8 Å². The fraction of sp³-hybridized carbons (Fsp3) is 0.0400. The molecule has 3 aromatic heterocycles. The first kappa shape index (κ1) is 29.8. The van der Waals surface area contributed by atoms with E-state index < -0.39 is 0 Å². The number of fused-ring (bicyclic) bond motifs is 9. The van der Waals surface area contributed by atoms with Crippen molar-refractivity contribution in [3.05, 3.63) is 187 Å². The summed E-state index contributed by atoms with van der Waals surface area (Å²) >= 11 is 0. The molecule has 0 saturated heterocycles. The van der Waals surface area contributed by atoms with Crippen LogP contribution in [-0.2, 0) is 0 Å². The smallest absolute Gasteiger partial charge is 0.0547 e. The molecule has 3 nitrogen and oxygen atoms in total. The Balaban J connectivity index is 1.11. The average Bonchev–Trinajstić information content (AvgIpc) is 3.83. The molecule has 8 aromatic carbocycles. The molecule has 0 aliphatic heterocycles. The minimum Gasteiger partial charge on any atom is -0.309 e. The monoisotopic (exact) mass is 677 g/mol.